The summed E-state index contributed by atoms with van der Waals surface area (Å²) in [7, 11) is 1.53. The van der Waals surface area contributed by atoms with E-state index in [-0.39, 0.29) is 30.5 Å². The molecule has 0 unspecified atom stereocenters. The van der Waals surface area contributed by atoms with E-state index in [4.69, 9.17) is 0 Å². The van der Waals surface area contributed by atoms with Crippen molar-refractivity contribution in [3.8, 4) is 0 Å². The molecular weight excluding hydrogens is 458 g/mol. The van der Waals surface area contributed by atoms with Crippen LogP contribution >= 0.6 is 24.0 Å². The van der Waals surface area contributed by atoms with Crippen molar-refractivity contribution in [3.05, 3.63) is 23.9 Å². The predicted molar refractivity (Wildman–Crippen MR) is 109 cm³/mol. The van der Waals surface area contributed by atoms with Crippen LogP contribution in [0.3, 0.4) is 0 Å². The maximum Gasteiger partial charge on any atom is 0.390 e. The Labute approximate surface area is 169 Å². The van der Waals surface area contributed by atoms with Gasteiger partial charge >= 0.3 is 6.18 Å². The zero-order chi connectivity index (χ0) is 18.3. The first-order valence-electron chi connectivity index (χ1n) is 8.58. The zero-order valence-electron chi connectivity index (χ0n) is 15.1. The number of alkyl halides is 3. The van der Waals surface area contributed by atoms with Crippen LogP contribution in [0.15, 0.2) is 23.3 Å². The molecule has 0 radical (unpaired) electrons. The molecular formula is C17H27F3IN5. The first-order valence-corrected chi connectivity index (χ1v) is 8.58. The van der Waals surface area contributed by atoms with E-state index >= 15 is 0 Å². The Morgan fingerprint density at radius 2 is 1.96 bits per heavy atom. The summed E-state index contributed by atoms with van der Waals surface area (Å²) in [6, 6.07) is 3.98. The van der Waals surface area contributed by atoms with Gasteiger partial charge < -0.3 is 15.5 Å². The third-order valence-electron chi connectivity index (χ3n) is 4.30. The summed E-state index contributed by atoms with van der Waals surface area (Å²) in [6.45, 7) is 4.59. The van der Waals surface area contributed by atoms with E-state index in [0.717, 1.165) is 30.4 Å². The average Bonchev–Trinajstić information content (AvgIpc) is 2.58. The quantitative estimate of drug-likeness (QED) is 0.381. The molecule has 0 saturated carbocycles. The van der Waals surface area contributed by atoms with Crippen LogP contribution in [-0.2, 0) is 6.54 Å². The molecule has 1 aromatic heterocycles. The SMILES string of the molecule is CN=C(NCCC(F)(F)F)NCc1ccc(N2CCC(C)CC2)nc1.I. The van der Waals surface area contributed by atoms with Crippen molar-refractivity contribution in [2.45, 2.75) is 38.9 Å². The minimum Gasteiger partial charge on any atom is -0.357 e. The van der Waals surface area contributed by atoms with E-state index in [0.29, 0.717) is 12.5 Å². The molecule has 0 bridgehead atoms. The van der Waals surface area contributed by atoms with Crippen LogP contribution in [0.2, 0.25) is 0 Å². The monoisotopic (exact) mass is 485 g/mol. The highest BCUT2D eigenvalue weighted by molar-refractivity contribution is 14.0. The van der Waals surface area contributed by atoms with E-state index in [1.54, 1.807) is 6.20 Å². The number of nitrogens with one attached hydrogen (secondary N) is 2. The highest BCUT2D eigenvalue weighted by atomic mass is 127. The molecule has 1 aliphatic rings. The van der Waals surface area contributed by atoms with Gasteiger partial charge in [0.25, 0.3) is 0 Å². The van der Waals surface area contributed by atoms with Gasteiger partial charge in [0.2, 0.25) is 0 Å². The minimum absolute atomic E-state index is 0. The van der Waals surface area contributed by atoms with Crippen LogP contribution in [0, 0.1) is 5.92 Å². The molecule has 0 aromatic carbocycles. The van der Waals surface area contributed by atoms with E-state index in [1.165, 1.54) is 19.9 Å². The second-order valence-corrected chi connectivity index (χ2v) is 6.41. The number of aromatic nitrogens is 1. The summed E-state index contributed by atoms with van der Waals surface area (Å²) in [5.41, 5.74) is 0.952. The van der Waals surface area contributed by atoms with Crippen molar-refractivity contribution in [2.75, 3.05) is 31.6 Å². The number of anilines is 1. The molecule has 2 rings (SSSR count). The molecule has 26 heavy (non-hydrogen) atoms. The Balaban J connectivity index is 0.00000338. The molecule has 9 heteroatoms. The van der Waals surface area contributed by atoms with Gasteiger partial charge in [-0.1, -0.05) is 13.0 Å². The second-order valence-electron chi connectivity index (χ2n) is 6.41. The number of nitrogens with zero attached hydrogens (tertiary/aromatic N) is 3. The molecule has 1 aliphatic heterocycles. The first-order chi connectivity index (χ1) is 11.9. The Hall–Kier alpha value is -1.26. The van der Waals surface area contributed by atoms with Crippen molar-refractivity contribution in [1.29, 1.82) is 0 Å². The number of guanidine groups is 1. The normalized spacial score (nSPS) is 16.2. The topological polar surface area (TPSA) is 52.6 Å². The molecule has 2 heterocycles. The summed E-state index contributed by atoms with van der Waals surface area (Å²) in [6.07, 6.45) is -0.893. The number of pyridine rings is 1. The fourth-order valence-corrected chi connectivity index (χ4v) is 2.68. The van der Waals surface area contributed by atoms with Crippen LogP contribution in [0.5, 0.6) is 0 Å². The molecule has 1 fully saturated rings. The lowest BCUT2D eigenvalue weighted by Crippen LogP contribution is -2.38. The number of piperidine rings is 1. The van der Waals surface area contributed by atoms with Gasteiger partial charge in [-0.25, -0.2) is 4.98 Å². The lowest BCUT2D eigenvalue weighted by Gasteiger charge is -2.31. The number of hydrogen-bond acceptors (Lipinski definition) is 3. The summed E-state index contributed by atoms with van der Waals surface area (Å²) in [5, 5.41) is 5.65. The number of aliphatic imine (C=N–C) groups is 1. The average molecular weight is 485 g/mol. The molecule has 148 valence electrons. The summed E-state index contributed by atoms with van der Waals surface area (Å²) < 4.78 is 36.5. The van der Waals surface area contributed by atoms with Crippen molar-refractivity contribution < 1.29 is 13.2 Å². The smallest absolute Gasteiger partial charge is 0.357 e. The van der Waals surface area contributed by atoms with Crippen molar-refractivity contribution in [3.63, 3.8) is 0 Å². The second kappa shape index (κ2) is 10.8. The first kappa shape index (κ1) is 22.8. The molecule has 5 nitrogen and oxygen atoms in total. The van der Waals surface area contributed by atoms with Crippen LogP contribution in [0.1, 0.15) is 31.7 Å². The number of rotatable bonds is 5. The van der Waals surface area contributed by atoms with E-state index in [9.17, 15) is 13.2 Å². The van der Waals surface area contributed by atoms with Crippen molar-refractivity contribution in [2.24, 2.45) is 10.9 Å². The van der Waals surface area contributed by atoms with Crippen molar-refractivity contribution >= 4 is 35.8 Å². The van der Waals surface area contributed by atoms with Gasteiger partial charge in [0.05, 0.1) is 6.42 Å². The fourth-order valence-electron chi connectivity index (χ4n) is 2.68. The molecule has 0 aliphatic carbocycles. The van der Waals surface area contributed by atoms with Gasteiger partial charge in [-0.2, -0.15) is 13.2 Å². The molecule has 0 amide bonds. The van der Waals surface area contributed by atoms with Gasteiger partial charge in [-0.3, -0.25) is 4.99 Å². The summed E-state index contributed by atoms with van der Waals surface area (Å²) in [5.74, 6) is 2.10. The Bertz CT molecular complexity index is 555. The Morgan fingerprint density at radius 3 is 2.50 bits per heavy atom. The maximum absolute atomic E-state index is 12.2. The van der Waals surface area contributed by atoms with Crippen LogP contribution in [0.25, 0.3) is 0 Å². The summed E-state index contributed by atoms with van der Waals surface area (Å²) in [4.78, 5) is 10.7. The predicted octanol–water partition coefficient (Wildman–Crippen LogP) is 3.55. The minimum atomic E-state index is -4.17. The fraction of sp³-hybridized carbons (Fsp3) is 0.647. The van der Waals surface area contributed by atoms with Crippen LogP contribution < -0.4 is 15.5 Å². The highest BCUT2D eigenvalue weighted by Crippen LogP contribution is 2.21. The third kappa shape index (κ3) is 7.96. The lowest BCUT2D eigenvalue weighted by atomic mass is 9.99. The Morgan fingerprint density at radius 1 is 1.27 bits per heavy atom. The zero-order valence-corrected chi connectivity index (χ0v) is 17.5. The standard InChI is InChI=1S/C17H26F3N5.HI/c1-13-5-9-25(10-6-13)15-4-3-14(11-23-15)12-24-16(21-2)22-8-7-17(18,19)20;/h3-4,11,13H,5-10,12H2,1-2H3,(H2,21,22,24);1H. The number of hydrogen-bond donors (Lipinski definition) is 2. The summed E-state index contributed by atoms with van der Waals surface area (Å²) >= 11 is 0. The molecule has 1 aromatic rings. The van der Waals surface area contributed by atoms with E-state index in [1.807, 2.05) is 12.1 Å². The van der Waals surface area contributed by atoms with Crippen LogP contribution in [0.4, 0.5) is 19.0 Å². The van der Waals surface area contributed by atoms with Gasteiger partial charge in [0, 0.05) is 39.4 Å². The lowest BCUT2D eigenvalue weighted by molar-refractivity contribution is -0.132. The van der Waals surface area contributed by atoms with Gasteiger partial charge in [0.15, 0.2) is 5.96 Å². The maximum atomic E-state index is 12.2. The van der Waals surface area contributed by atoms with Gasteiger partial charge in [-0.05, 0) is 30.4 Å². The highest BCUT2D eigenvalue weighted by Gasteiger charge is 2.26. The van der Waals surface area contributed by atoms with Gasteiger partial charge in [0.1, 0.15) is 5.82 Å². The number of halogens is 4. The molecule has 1 saturated heterocycles. The van der Waals surface area contributed by atoms with Crippen LogP contribution in [-0.4, -0.2) is 43.8 Å². The molecule has 2 N–H and O–H groups in total. The van der Waals surface area contributed by atoms with Gasteiger partial charge in [-0.15, -0.1) is 24.0 Å². The molecule has 0 spiro atoms. The van der Waals surface area contributed by atoms with Crippen molar-refractivity contribution in [1.82, 2.24) is 15.6 Å². The van der Waals surface area contributed by atoms with E-state index < -0.39 is 12.6 Å². The third-order valence-corrected chi connectivity index (χ3v) is 4.30. The Kier molecular flexibility index (Phi) is 9.45. The largest absolute Gasteiger partial charge is 0.390 e. The molecule has 0 atom stereocenters. The van der Waals surface area contributed by atoms with E-state index in [2.05, 4.69) is 32.4 Å².